The van der Waals surface area contributed by atoms with Crippen molar-refractivity contribution in [3.63, 3.8) is 0 Å². The molecule has 0 aromatic heterocycles. The van der Waals surface area contributed by atoms with Crippen molar-refractivity contribution in [2.45, 2.75) is 45.8 Å². The van der Waals surface area contributed by atoms with Crippen LogP contribution in [0.2, 0.25) is 0 Å². The molecule has 0 atom stereocenters. The first-order valence-electron chi connectivity index (χ1n) is 7.80. The van der Waals surface area contributed by atoms with Crippen LogP contribution in [0.15, 0.2) is 30.3 Å². The SMILES string of the molecule is CC(C)NCCCC(=O)NCCCOCc1ccccc1. The highest BCUT2D eigenvalue weighted by atomic mass is 16.5. The van der Waals surface area contributed by atoms with E-state index in [0.717, 1.165) is 19.4 Å². The molecule has 2 N–H and O–H groups in total. The molecule has 118 valence electrons. The minimum Gasteiger partial charge on any atom is -0.377 e. The minimum atomic E-state index is 0.128. The fraction of sp³-hybridized carbons (Fsp3) is 0.588. The summed E-state index contributed by atoms with van der Waals surface area (Å²) in [7, 11) is 0. The molecule has 1 aromatic carbocycles. The van der Waals surface area contributed by atoms with Crippen LogP contribution in [0.3, 0.4) is 0 Å². The van der Waals surface area contributed by atoms with Gasteiger partial charge >= 0.3 is 0 Å². The summed E-state index contributed by atoms with van der Waals surface area (Å²) >= 11 is 0. The maximum Gasteiger partial charge on any atom is 0.220 e. The number of benzene rings is 1. The molecule has 0 aliphatic heterocycles. The average molecular weight is 292 g/mol. The Hall–Kier alpha value is -1.39. The van der Waals surface area contributed by atoms with Gasteiger partial charge in [-0.2, -0.15) is 0 Å². The van der Waals surface area contributed by atoms with Crippen LogP contribution in [-0.4, -0.2) is 31.6 Å². The van der Waals surface area contributed by atoms with Gasteiger partial charge in [-0.25, -0.2) is 0 Å². The molecule has 4 heteroatoms. The topological polar surface area (TPSA) is 50.4 Å². The average Bonchev–Trinajstić information content (AvgIpc) is 2.48. The third kappa shape index (κ3) is 10.0. The Morgan fingerprint density at radius 1 is 1.14 bits per heavy atom. The van der Waals surface area contributed by atoms with Crippen LogP contribution in [0.5, 0.6) is 0 Å². The second kappa shape index (κ2) is 11.3. The summed E-state index contributed by atoms with van der Waals surface area (Å²) in [5, 5.41) is 6.22. The van der Waals surface area contributed by atoms with E-state index in [9.17, 15) is 4.79 Å². The first kappa shape index (κ1) is 17.7. The van der Waals surface area contributed by atoms with Crippen molar-refractivity contribution in [1.29, 1.82) is 0 Å². The summed E-state index contributed by atoms with van der Waals surface area (Å²) in [6, 6.07) is 10.6. The minimum absolute atomic E-state index is 0.128. The van der Waals surface area contributed by atoms with Crippen LogP contribution in [-0.2, 0) is 16.1 Å². The van der Waals surface area contributed by atoms with E-state index in [1.165, 1.54) is 5.56 Å². The molecule has 1 rings (SSSR count). The van der Waals surface area contributed by atoms with Gasteiger partial charge in [0.1, 0.15) is 0 Å². The summed E-state index contributed by atoms with van der Waals surface area (Å²) in [4.78, 5) is 11.6. The van der Waals surface area contributed by atoms with Crippen LogP contribution in [0, 0.1) is 0 Å². The van der Waals surface area contributed by atoms with Crippen molar-refractivity contribution in [2.24, 2.45) is 0 Å². The highest BCUT2D eigenvalue weighted by molar-refractivity contribution is 5.75. The molecule has 1 aromatic rings. The quantitative estimate of drug-likeness (QED) is 0.616. The van der Waals surface area contributed by atoms with Gasteiger partial charge in [0.15, 0.2) is 0 Å². The highest BCUT2D eigenvalue weighted by Gasteiger charge is 2.00. The lowest BCUT2D eigenvalue weighted by molar-refractivity contribution is -0.121. The zero-order valence-corrected chi connectivity index (χ0v) is 13.2. The molecule has 0 saturated heterocycles. The van der Waals surface area contributed by atoms with E-state index in [2.05, 4.69) is 24.5 Å². The normalized spacial score (nSPS) is 10.8. The van der Waals surface area contributed by atoms with E-state index in [1.54, 1.807) is 0 Å². The highest BCUT2D eigenvalue weighted by Crippen LogP contribution is 2.00. The second-order valence-electron chi connectivity index (χ2n) is 5.45. The van der Waals surface area contributed by atoms with E-state index < -0.39 is 0 Å². The lowest BCUT2D eigenvalue weighted by Crippen LogP contribution is -2.28. The largest absolute Gasteiger partial charge is 0.377 e. The number of hydrogen-bond donors (Lipinski definition) is 2. The maximum atomic E-state index is 11.6. The van der Waals surface area contributed by atoms with Gasteiger partial charge in [0, 0.05) is 25.6 Å². The molecule has 0 bridgehead atoms. The van der Waals surface area contributed by atoms with Gasteiger partial charge in [0.25, 0.3) is 0 Å². The predicted octanol–water partition coefficient (Wildman–Crippen LogP) is 2.49. The molecule has 0 radical (unpaired) electrons. The molecule has 4 nitrogen and oxygen atoms in total. The smallest absolute Gasteiger partial charge is 0.220 e. The van der Waals surface area contributed by atoms with Gasteiger partial charge < -0.3 is 15.4 Å². The molecular formula is C17H28N2O2. The number of nitrogens with one attached hydrogen (secondary N) is 2. The standard InChI is InChI=1S/C17H28N2O2/c1-15(2)18-11-6-10-17(20)19-12-7-13-21-14-16-8-4-3-5-9-16/h3-5,8-9,15,18H,6-7,10-14H2,1-2H3,(H,19,20). The van der Waals surface area contributed by atoms with Crippen molar-refractivity contribution < 1.29 is 9.53 Å². The van der Waals surface area contributed by atoms with Gasteiger partial charge in [0.05, 0.1) is 6.61 Å². The fourth-order valence-electron chi connectivity index (χ4n) is 1.89. The van der Waals surface area contributed by atoms with Gasteiger partial charge in [-0.1, -0.05) is 44.2 Å². The Labute approximate surface area is 128 Å². The zero-order valence-electron chi connectivity index (χ0n) is 13.2. The van der Waals surface area contributed by atoms with Gasteiger partial charge in [-0.05, 0) is 24.9 Å². The van der Waals surface area contributed by atoms with Crippen LogP contribution < -0.4 is 10.6 Å². The summed E-state index contributed by atoms with van der Waals surface area (Å²) in [6.07, 6.45) is 2.32. The Morgan fingerprint density at radius 3 is 2.62 bits per heavy atom. The van der Waals surface area contributed by atoms with E-state index in [1.807, 2.05) is 30.3 Å². The number of carbonyl (C=O) groups excluding carboxylic acids is 1. The van der Waals surface area contributed by atoms with E-state index in [-0.39, 0.29) is 5.91 Å². The molecular weight excluding hydrogens is 264 g/mol. The second-order valence-corrected chi connectivity index (χ2v) is 5.45. The summed E-state index contributed by atoms with van der Waals surface area (Å²) in [5.74, 6) is 0.128. The van der Waals surface area contributed by atoms with Crippen LogP contribution in [0.4, 0.5) is 0 Å². The van der Waals surface area contributed by atoms with Crippen molar-refractivity contribution >= 4 is 5.91 Å². The lowest BCUT2D eigenvalue weighted by Gasteiger charge is -2.08. The molecule has 0 aliphatic rings. The zero-order chi connectivity index (χ0) is 15.3. The van der Waals surface area contributed by atoms with Crippen molar-refractivity contribution in [2.75, 3.05) is 19.7 Å². The predicted molar refractivity (Wildman–Crippen MR) is 86.1 cm³/mol. The third-order valence-electron chi connectivity index (χ3n) is 3.03. The van der Waals surface area contributed by atoms with Crippen LogP contribution >= 0.6 is 0 Å². The van der Waals surface area contributed by atoms with Gasteiger partial charge in [0.2, 0.25) is 5.91 Å². The molecule has 0 fully saturated rings. The van der Waals surface area contributed by atoms with Gasteiger partial charge in [-0.3, -0.25) is 4.79 Å². The van der Waals surface area contributed by atoms with E-state index >= 15 is 0 Å². The Balaban J connectivity index is 1.90. The molecule has 0 spiro atoms. The first-order valence-corrected chi connectivity index (χ1v) is 7.80. The summed E-state index contributed by atoms with van der Waals surface area (Å²) < 4.78 is 5.57. The number of carbonyl (C=O) groups is 1. The van der Waals surface area contributed by atoms with Crippen molar-refractivity contribution in [3.05, 3.63) is 35.9 Å². The number of rotatable bonds is 11. The monoisotopic (exact) mass is 292 g/mol. The number of ether oxygens (including phenoxy) is 1. The van der Waals surface area contributed by atoms with Gasteiger partial charge in [-0.15, -0.1) is 0 Å². The summed E-state index contributed by atoms with van der Waals surface area (Å²) in [5.41, 5.74) is 1.18. The molecule has 0 heterocycles. The Kier molecular flexibility index (Phi) is 9.49. The molecule has 0 aliphatic carbocycles. The van der Waals surface area contributed by atoms with Crippen molar-refractivity contribution in [3.8, 4) is 0 Å². The van der Waals surface area contributed by atoms with Crippen LogP contribution in [0.25, 0.3) is 0 Å². The molecule has 0 unspecified atom stereocenters. The summed E-state index contributed by atoms with van der Waals surface area (Å²) in [6.45, 7) is 7.10. The molecule has 0 saturated carbocycles. The number of hydrogen-bond acceptors (Lipinski definition) is 3. The third-order valence-corrected chi connectivity index (χ3v) is 3.03. The molecule has 1 amide bonds. The van der Waals surface area contributed by atoms with E-state index in [4.69, 9.17) is 4.74 Å². The fourth-order valence-corrected chi connectivity index (χ4v) is 1.89. The first-order chi connectivity index (χ1) is 10.2. The van der Waals surface area contributed by atoms with Crippen LogP contribution in [0.1, 0.15) is 38.7 Å². The Morgan fingerprint density at radius 2 is 1.90 bits per heavy atom. The lowest BCUT2D eigenvalue weighted by atomic mass is 10.2. The van der Waals surface area contributed by atoms with E-state index in [0.29, 0.717) is 32.2 Å². The maximum absolute atomic E-state index is 11.6. The Bertz CT molecular complexity index is 380. The van der Waals surface area contributed by atoms with Crippen molar-refractivity contribution in [1.82, 2.24) is 10.6 Å². The number of amides is 1. The molecule has 21 heavy (non-hydrogen) atoms.